The molecule has 0 aliphatic carbocycles. The van der Waals surface area contributed by atoms with E-state index in [1.807, 2.05) is 44.2 Å². The van der Waals surface area contributed by atoms with E-state index in [0.717, 1.165) is 22.7 Å². The molecule has 3 aromatic rings. The van der Waals surface area contributed by atoms with Crippen molar-refractivity contribution in [3.05, 3.63) is 84.4 Å². The Hall–Kier alpha value is -4.05. The first-order valence-electron chi connectivity index (χ1n) is 14.2. The summed E-state index contributed by atoms with van der Waals surface area (Å²) in [5, 5.41) is 2.94. The Balaban J connectivity index is 2.00. The fourth-order valence-corrected chi connectivity index (χ4v) is 6.06. The largest absolute Gasteiger partial charge is 0.493 e. The fraction of sp³-hybridized carbons (Fsp3) is 0.375. The molecular formula is C32H41N3O6S. The van der Waals surface area contributed by atoms with Crippen molar-refractivity contribution in [1.29, 1.82) is 0 Å². The lowest BCUT2D eigenvalue weighted by Crippen LogP contribution is -2.53. The molecular weight excluding hydrogens is 554 g/mol. The van der Waals surface area contributed by atoms with Gasteiger partial charge in [-0.3, -0.25) is 13.9 Å². The van der Waals surface area contributed by atoms with Gasteiger partial charge in [0.2, 0.25) is 11.8 Å². The Bertz CT molecular complexity index is 1400. The molecule has 0 radical (unpaired) electrons. The molecule has 2 amide bonds. The Kier molecular flexibility index (Phi) is 12.2. The molecule has 3 rings (SSSR count). The van der Waals surface area contributed by atoms with E-state index in [0.29, 0.717) is 30.8 Å². The van der Waals surface area contributed by atoms with Crippen molar-refractivity contribution in [3.8, 4) is 11.5 Å². The number of methoxy groups -OCH3 is 2. The lowest BCUT2D eigenvalue weighted by molar-refractivity contribution is -0.139. The van der Waals surface area contributed by atoms with E-state index in [2.05, 4.69) is 5.32 Å². The molecule has 0 fully saturated rings. The minimum atomic E-state index is -4.23. The van der Waals surface area contributed by atoms with Crippen molar-refractivity contribution in [3.63, 3.8) is 0 Å². The number of hydrogen-bond donors (Lipinski definition) is 1. The SMILES string of the molecule is CCCCNC(=O)[C@H](CC)N(CCc1ccccc1)C(=O)CN(c1ccccc1)S(=O)(=O)c1ccc(OC)c(OC)c1. The molecule has 0 unspecified atom stereocenters. The molecule has 10 heteroatoms. The number of anilines is 1. The third-order valence-corrected chi connectivity index (χ3v) is 8.74. The maximum absolute atomic E-state index is 14.1. The molecule has 0 saturated heterocycles. The van der Waals surface area contributed by atoms with Crippen LogP contribution in [0.1, 0.15) is 38.7 Å². The second-order valence-electron chi connectivity index (χ2n) is 9.76. The van der Waals surface area contributed by atoms with Crippen LogP contribution in [-0.4, -0.2) is 65.0 Å². The quantitative estimate of drug-likeness (QED) is 0.242. The number of ether oxygens (including phenoxy) is 2. The van der Waals surface area contributed by atoms with E-state index in [1.54, 1.807) is 30.3 Å². The zero-order chi connectivity index (χ0) is 30.5. The molecule has 42 heavy (non-hydrogen) atoms. The Labute approximate surface area is 249 Å². The van der Waals surface area contributed by atoms with Crippen molar-refractivity contribution in [1.82, 2.24) is 10.2 Å². The Morgan fingerprint density at radius 3 is 2.12 bits per heavy atom. The Morgan fingerprint density at radius 1 is 0.881 bits per heavy atom. The molecule has 226 valence electrons. The van der Waals surface area contributed by atoms with Crippen LogP contribution in [0.15, 0.2) is 83.8 Å². The summed E-state index contributed by atoms with van der Waals surface area (Å²) in [6, 6.07) is 21.7. The van der Waals surface area contributed by atoms with Crippen molar-refractivity contribution in [2.45, 2.75) is 50.5 Å². The van der Waals surface area contributed by atoms with Crippen LogP contribution in [0, 0.1) is 0 Å². The molecule has 3 aromatic carbocycles. The van der Waals surface area contributed by atoms with Gasteiger partial charge in [-0.25, -0.2) is 8.42 Å². The van der Waals surface area contributed by atoms with Crippen LogP contribution < -0.4 is 19.1 Å². The highest BCUT2D eigenvalue weighted by atomic mass is 32.2. The van der Waals surface area contributed by atoms with E-state index < -0.39 is 28.5 Å². The number of carbonyl (C=O) groups is 2. The number of nitrogens with zero attached hydrogens (tertiary/aromatic N) is 2. The van der Waals surface area contributed by atoms with Crippen LogP contribution in [0.25, 0.3) is 0 Å². The van der Waals surface area contributed by atoms with Crippen LogP contribution in [0.4, 0.5) is 5.69 Å². The third-order valence-electron chi connectivity index (χ3n) is 6.97. The standard InChI is InChI=1S/C32H41N3O6S/c1-5-7-21-33-32(37)28(6-2)34(22-20-25-14-10-8-11-15-25)31(36)24-35(26-16-12-9-13-17-26)42(38,39)27-18-19-29(40-3)30(23-27)41-4/h8-19,23,28H,5-7,20-22,24H2,1-4H3,(H,33,37)/t28-/m0/s1. The number of amides is 2. The molecule has 9 nitrogen and oxygen atoms in total. The molecule has 0 bridgehead atoms. The summed E-state index contributed by atoms with van der Waals surface area (Å²) in [5.74, 6) is -0.0966. The summed E-state index contributed by atoms with van der Waals surface area (Å²) in [5.41, 5.74) is 1.33. The molecule has 0 aromatic heterocycles. The first-order valence-corrected chi connectivity index (χ1v) is 15.6. The molecule has 0 heterocycles. The highest BCUT2D eigenvalue weighted by Gasteiger charge is 2.33. The van der Waals surface area contributed by atoms with Gasteiger partial charge < -0.3 is 19.7 Å². The number of para-hydroxylation sites is 1. The molecule has 0 aliphatic heterocycles. The van der Waals surface area contributed by atoms with E-state index in [1.165, 1.54) is 37.3 Å². The maximum atomic E-state index is 14.1. The minimum absolute atomic E-state index is 0.0583. The van der Waals surface area contributed by atoms with Crippen molar-refractivity contribution < 1.29 is 27.5 Å². The van der Waals surface area contributed by atoms with Crippen molar-refractivity contribution >= 4 is 27.5 Å². The van der Waals surface area contributed by atoms with Crippen molar-refractivity contribution in [2.24, 2.45) is 0 Å². The van der Waals surface area contributed by atoms with E-state index in [9.17, 15) is 18.0 Å². The van der Waals surface area contributed by atoms with E-state index >= 15 is 0 Å². The summed E-state index contributed by atoms with van der Waals surface area (Å²) < 4.78 is 39.8. The number of carbonyl (C=O) groups excluding carboxylic acids is 2. The summed E-state index contributed by atoms with van der Waals surface area (Å²) in [6.07, 6.45) is 2.64. The maximum Gasteiger partial charge on any atom is 0.264 e. The smallest absolute Gasteiger partial charge is 0.264 e. The van der Waals surface area contributed by atoms with Gasteiger partial charge in [-0.1, -0.05) is 68.8 Å². The topological polar surface area (TPSA) is 105 Å². The molecule has 1 N–H and O–H groups in total. The van der Waals surface area contributed by atoms with Crippen LogP contribution >= 0.6 is 0 Å². The van der Waals surface area contributed by atoms with Gasteiger partial charge in [-0.2, -0.15) is 0 Å². The zero-order valence-corrected chi connectivity index (χ0v) is 25.6. The van der Waals surface area contributed by atoms with Crippen LogP contribution in [0.2, 0.25) is 0 Å². The monoisotopic (exact) mass is 595 g/mol. The fourth-order valence-electron chi connectivity index (χ4n) is 4.63. The number of nitrogens with one attached hydrogen (secondary N) is 1. The number of benzene rings is 3. The van der Waals surface area contributed by atoms with Gasteiger partial charge in [0, 0.05) is 19.2 Å². The third kappa shape index (κ3) is 8.25. The van der Waals surface area contributed by atoms with Gasteiger partial charge in [0.05, 0.1) is 24.8 Å². The van der Waals surface area contributed by atoms with E-state index in [-0.39, 0.29) is 23.1 Å². The lowest BCUT2D eigenvalue weighted by Gasteiger charge is -2.33. The van der Waals surface area contributed by atoms with Crippen molar-refractivity contribution in [2.75, 3.05) is 38.2 Å². The zero-order valence-electron chi connectivity index (χ0n) is 24.8. The average Bonchev–Trinajstić information content (AvgIpc) is 3.02. The van der Waals surface area contributed by atoms with Gasteiger partial charge in [0.15, 0.2) is 11.5 Å². The number of unbranched alkanes of at least 4 members (excludes halogenated alkanes) is 1. The summed E-state index contributed by atoms with van der Waals surface area (Å²) >= 11 is 0. The Morgan fingerprint density at radius 2 is 1.52 bits per heavy atom. The first-order chi connectivity index (χ1) is 20.3. The number of sulfonamides is 1. The van der Waals surface area contributed by atoms with Crippen LogP contribution in [-0.2, 0) is 26.0 Å². The molecule has 0 spiro atoms. The summed E-state index contributed by atoms with van der Waals surface area (Å²) in [7, 11) is -1.34. The minimum Gasteiger partial charge on any atom is -0.493 e. The molecule has 1 atom stereocenters. The predicted molar refractivity (Wildman–Crippen MR) is 164 cm³/mol. The molecule has 0 aliphatic rings. The van der Waals surface area contributed by atoms with Crippen LogP contribution in [0.5, 0.6) is 11.5 Å². The van der Waals surface area contributed by atoms with Gasteiger partial charge in [-0.15, -0.1) is 0 Å². The predicted octanol–water partition coefficient (Wildman–Crippen LogP) is 4.67. The second kappa shape index (κ2) is 15.8. The van der Waals surface area contributed by atoms with Gasteiger partial charge in [-0.05, 0) is 49.1 Å². The van der Waals surface area contributed by atoms with E-state index in [4.69, 9.17) is 9.47 Å². The lowest BCUT2D eigenvalue weighted by atomic mass is 10.1. The first kappa shape index (κ1) is 32.5. The van der Waals surface area contributed by atoms with Crippen LogP contribution in [0.3, 0.4) is 0 Å². The van der Waals surface area contributed by atoms with Gasteiger partial charge in [0.1, 0.15) is 12.6 Å². The normalized spacial score (nSPS) is 11.8. The highest BCUT2D eigenvalue weighted by molar-refractivity contribution is 7.92. The average molecular weight is 596 g/mol. The number of rotatable bonds is 16. The molecule has 0 saturated carbocycles. The highest BCUT2D eigenvalue weighted by Crippen LogP contribution is 2.32. The summed E-state index contributed by atoms with van der Waals surface area (Å²) in [4.78, 5) is 28.8. The summed E-state index contributed by atoms with van der Waals surface area (Å²) in [6.45, 7) is 4.16. The number of hydrogen-bond acceptors (Lipinski definition) is 6. The second-order valence-corrected chi connectivity index (χ2v) is 11.6. The van der Waals surface area contributed by atoms with Gasteiger partial charge in [0.25, 0.3) is 10.0 Å². The van der Waals surface area contributed by atoms with Gasteiger partial charge >= 0.3 is 0 Å².